The Labute approximate surface area is 165 Å². The highest BCUT2D eigenvalue weighted by atomic mass is 16.4. The van der Waals surface area contributed by atoms with Crippen LogP contribution in [0.3, 0.4) is 0 Å². The van der Waals surface area contributed by atoms with Gasteiger partial charge >= 0.3 is 5.97 Å². The highest BCUT2D eigenvalue weighted by Gasteiger charge is 2.35. The van der Waals surface area contributed by atoms with Crippen LogP contribution in [0.5, 0.6) is 0 Å². The molecule has 1 atom stereocenters. The number of carbonyl (C=O) groups excluding carboxylic acids is 1. The van der Waals surface area contributed by atoms with Gasteiger partial charge in [-0.05, 0) is 44.4 Å². The van der Waals surface area contributed by atoms with E-state index in [2.05, 4.69) is 4.98 Å². The molecule has 1 aromatic heterocycles. The smallest absolute Gasteiger partial charge is 0.335 e. The minimum Gasteiger partial charge on any atom is -0.478 e. The topological polar surface area (TPSA) is 83.4 Å². The van der Waals surface area contributed by atoms with Crippen LogP contribution in [-0.2, 0) is 4.79 Å². The Bertz CT molecular complexity index is 902. The molecule has 1 amide bonds. The van der Waals surface area contributed by atoms with Crippen LogP contribution in [-0.4, -0.2) is 38.4 Å². The van der Waals surface area contributed by atoms with Crippen LogP contribution in [0.15, 0.2) is 30.3 Å². The lowest BCUT2D eigenvalue weighted by molar-refractivity contribution is -0.143. The van der Waals surface area contributed by atoms with Gasteiger partial charge in [-0.25, -0.2) is 14.8 Å². The monoisotopic (exact) mass is 381 g/mol. The molecule has 0 unspecified atom stereocenters. The molecule has 1 aliphatic heterocycles. The molecule has 0 saturated carbocycles. The Balaban J connectivity index is 2.01. The highest BCUT2D eigenvalue weighted by Crippen LogP contribution is 2.33. The summed E-state index contributed by atoms with van der Waals surface area (Å²) in [6, 6.07) is 8.44. The van der Waals surface area contributed by atoms with Crippen molar-refractivity contribution in [2.45, 2.75) is 53.0 Å². The van der Waals surface area contributed by atoms with Gasteiger partial charge in [0, 0.05) is 23.2 Å². The first-order chi connectivity index (χ1) is 13.2. The van der Waals surface area contributed by atoms with E-state index in [9.17, 15) is 14.7 Å². The number of benzene rings is 1. The van der Waals surface area contributed by atoms with Crippen LogP contribution in [0.4, 0.5) is 0 Å². The number of aryl methyl sites for hydroxylation is 1. The van der Waals surface area contributed by atoms with Crippen molar-refractivity contribution >= 4 is 11.9 Å². The van der Waals surface area contributed by atoms with Crippen molar-refractivity contribution in [1.29, 1.82) is 0 Å². The number of aromatic carboxylic acids is 1. The summed E-state index contributed by atoms with van der Waals surface area (Å²) in [5.74, 6) is -0.230. The van der Waals surface area contributed by atoms with E-state index in [1.807, 2.05) is 44.7 Å². The van der Waals surface area contributed by atoms with Gasteiger partial charge in [0.1, 0.15) is 0 Å². The molecular formula is C22H27N3O3. The van der Waals surface area contributed by atoms with Crippen LogP contribution in [0, 0.1) is 12.3 Å². The predicted octanol–water partition coefficient (Wildman–Crippen LogP) is 4.25. The number of rotatable bonds is 3. The molecule has 1 fully saturated rings. The molecule has 0 bridgehead atoms. The Morgan fingerprint density at radius 1 is 1.14 bits per heavy atom. The number of nitrogens with zero attached hydrogens (tertiary/aromatic N) is 3. The number of amides is 1. The van der Waals surface area contributed by atoms with Crippen LogP contribution in [0.1, 0.15) is 68.0 Å². The van der Waals surface area contributed by atoms with E-state index < -0.39 is 11.4 Å². The second-order valence-corrected chi connectivity index (χ2v) is 8.40. The van der Waals surface area contributed by atoms with Crippen molar-refractivity contribution in [3.63, 3.8) is 0 Å². The number of hydrogen-bond donors (Lipinski definition) is 1. The molecule has 0 radical (unpaired) electrons. The summed E-state index contributed by atoms with van der Waals surface area (Å²) in [5.41, 5.74) is 1.97. The number of aromatic nitrogens is 2. The third-order valence-electron chi connectivity index (χ3n) is 4.98. The normalized spacial score (nSPS) is 17.4. The molecule has 1 aromatic carbocycles. The minimum absolute atomic E-state index is 0.108. The summed E-state index contributed by atoms with van der Waals surface area (Å²) < 4.78 is 0. The summed E-state index contributed by atoms with van der Waals surface area (Å²) in [5, 5.41) is 9.26. The molecule has 28 heavy (non-hydrogen) atoms. The van der Waals surface area contributed by atoms with E-state index in [0.29, 0.717) is 18.1 Å². The van der Waals surface area contributed by atoms with Crippen molar-refractivity contribution in [2.75, 3.05) is 6.54 Å². The average Bonchev–Trinajstić information content (AvgIpc) is 2.66. The second kappa shape index (κ2) is 7.70. The summed E-state index contributed by atoms with van der Waals surface area (Å²) in [4.78, 5) is 35.6. The van der Waals surface area contributed by atoms with Crippen molar-refractivity contribution in [2.24, 2.45) is 5.41 Å². The largest absolute Gasteiger partial charge is 0.478 e. The maximum atomic E-state index is 13.0. The predicted molar refractivity (Wildman–Crippen MR) is 107 cm³/mol. The summed E-state index contributed by atoms with van der Waals surface area (Å²) in [7, 11) is 0. The van der Waals surface area contributed by atoms with Crippen LogP contribution in [0.2, 0.25) is 0 Å². The van der Waals surface area contributed by atoms with Gasteiger partial charge in [-0.2, -0.15) is 0 Å². The van der Waals surface area contributed by atoms with E-state index in [4.69, 9.17) is 4.98 Å². The summed E-state index contributed by atoms with van der Waals surface area (Å²) in [6.45, 7) is 8.40. The maximum Gasteiger partial charge on any atom is 0.335 e. The molecular weight excluding hydrogens is 354 g/mol. The minimum atomic E-state index is -0.970. The lowest BCUT2D eigenvalue weighted by Crippen LogP contribution is -2.44. The van der Waals surface area contributed by atoms with Crippen molar-refractivity contribution < 1.29 is 14.7 Å². The van der Waals surface area contributed by atoms with E-state index >= 15 is 0 Å². The number of carbonyl (C=O) groups is 2. The number of carboxylic acids is 1. The van der Waals surface area contributed by atoms with Crippen LogP contribution >= 0.6 is 0 Å². The first-order valence-electron chi connectivity index (χ1n) is 9.67. The number of piperidine rings is 1. The fourth-order valence-electron chi connectivity index (χ4n) is 3.57. The van der Waals surface area contributed by atoms with Gasteiger partial charge in [0.05, 0.1) is 17.3 Å². The lowest BCUT2D eigenvalue weighted by atomic mass is 9.91. The molecule has 2 heterocycles. The molecule has 0 spiro atoms. The number of likely N-dealkylation sites (tertiary alicyclic amines) is 1. The van der Waals surface area contributed by atoms with Crippen molar-refractivity contribution in [3.8, 4) is 11.3 Å². The molecule has 2 aromatic rings. The second-order valence-electron chi connectivity index (χ2n) is 8.40. The molecule has 6 heteroatoms. The van der Waals surface area contributed by atoms with Gasteiger partial charge in [-0.15, -0.1) is 0 Å². The van der Waals surface area contributed by atoms with Gasteiger partial charge in [0.15, 0.2) is 5.82 Å². The molecule has 1 aliphatic rings. The Morgan fingerprint density at radius 3 is 2.57 bits per heavy atom. The third-order valence-corrected chi connectivity index (χ3v) is 4.98. The molecule has 148 valence electrons. The Kier molecular flexibility index (Phi) is 5.49. The Morgan fingerprint density at radius 2 is 1.89 bits per heavy atom. The third kappa shape index (κ3) is 4.21. The zero-order valence-electron chi connectivity index (χ0n) is 16.9. The standard InChI is InChI=1S/C22H27N3O3/c1-14-12-17(15-8-7-9-16(13-15)20(26)27)24-19(23-14)18-10-5-6-11-25(18)21(28)22(2,3)4/h7-9,12-13,18H,5-6,10-11H2,1-4H3,(H,26,27)/t18-/m0/s1. The van der Waals surface area contributed by atoms with Gasteiger partial charge in [0.2, 0.25) is 5.91 Å². The lowest BCUT2D eigenvalue weighted by Gasteiger charge is -2.38. The average molecular weight is 381 g/mol. The zero-order chi connectivity index (χ0) is 20.5. The van der Waals surface area contributed by atoms with E-state index in [1.165, 1.54) is 0 Å². The summed E-state index contributed by atoms with van der Waals surface area (Å²) >= 11 is 0. The quantitative estimate of drug-likeness (QED) is 0.859. The Hall–Kier alpha value is -2.76. The molecule has 1 N–H and O–H groups in total. The first-order valence-corrected chi connectivity index (χ1v) is 9.67. The number of carboxylic acid groups (broad SMARTS) is 1. The SMILES string of the molecule is Cc1cc(-c2cccc(C(=O)O)c2)nc([C@@H]2CCCCN2C(=O)C(C)(C)C)n1. The molecule has 0 aliphatic carbocycles. The van der Waals surface area contributed by atoms with E-state index in [0.717, 1.165) is 30.5 Å². The number of hydrogen-bond acceptors (Lipinski definition) is 4. The first kappa shape index (κ1) is 20.0. The van der Waals surface area contributed by atoms with Gasteiger partial charge in [-0.3, -0.25) is 4.79 Å². The molecule has 3 rings (SSSR count). The fourth-order valence-corrected chi connectivity index (χ4v) is 3.57. The fraction of sp³-hybridized carbons (Fsp3) is 0.455. The van der Waals surface area contributed by atoms with Crippen molar-refractivity contribution in [3.05, 3.63) is 47.4 Å². The summed E-state index contributed by atoms with van der Waals surface area (Å²) in [6.07, 6.45) is 2.84. The zero-order valence-corrected chi connectivity index (χ0v) is 16.9. The van der Waals surface area contributed by atoms with Gasteiger partial charge in [-0.1, -0.05) is 32.9 Å². The van der Waals surface area contributed by atoms with Gasteiger partial charge < -0.3 is 10.0 Å². The van der Waals surface area contributed by atoms with E-state index in [1.54, 1.807) is 18.2 Å². The molecule has 1 saturated heterocycles. The van der Waals surface area contributed by atoms with Gasteiger partial charge in [0.25, 0.3) is 0 Å². The van der Waals surface area contributed by atoms with Crippen LogP contribution in [0.25, 0.3) is 11.3 Å². The van der Waals surface area contributed by atoms with Crippen LogP contribution < -0.4 is 0 Å². The van der Waals surface area contributed by atoms with Crippen molar-refractivity contribution in [1.82, 2.24) is 14.9 Å². The molecule has 6 nitrogen and oxygen atoms in total. The highest BCUT2D eigenvalue weighted by molar-refractivity contribution is 5.89. The maximum absolute atomic E-state index is 13.0. The van der Waals surface area contributed by atoms with E-state index in [-0.39, 0.29) is 17.5 Å².